The standard InChI is InChI=1S/C39H25N/c1-2-12-25(13-3-1)38-37-29(28-16-7-11-21-35(28)40-38)22-23-34-36(37)30-17-6-10-20-33(30)39(34)31-18-8-4-14-26(31)24-27-15-5-9-19-32(27)39/h1-23H,24H2. The van der Waals surface area contributed by atoms with Crippen molar-refractivity contribution >= 4 is 21.7 Å². The summed E-state index contributed by atoms with van der Waals surface area (Å²) in [6.45, 7) is 0. The van der Waals surface area contributed by atoms with Crippen molar-refractivity contribution in [3.05, 3.63) is 173 Å². The number of aromatic nitrogens is 1. The maximum atomic E-state index is 5.35. The fourth-order valence-corrected chi connectivity index (χ4v) is 7.63. The van der Waals surface area contributed by atoms with E-state index >= 15 is 0 Å². The van der Waals surface area contributed by atoms with Gasteiger partial charge in [-0.1, -0.05) is 133 Å². The quantitative estimate of drug-likeness (QED) is 0.202. The van der Waals surface area contributed by atoms with Crippen molar-refractivity contribution in [2.75, 3.05) is 0 Å². The molecule has 0 bridgehead atoms. The molecule has 9 rings (SSSR count). The largest absolute Gasteiger partial charge is 0.247 e. The number of fused-ring (bicyclic) bond motifs is 13. The molecule has 1 aromatic heterocycles. The van der Waals surface area contributed by atoms with E-state index in [9.17, 15) is 0 Å². The van der Waals surface area contributed by atoms with Crippen LogP contribution in [0.3, 0.4) is 0 Å². The fourth-order valence-electron chi connectivity index (χ4n) is 7.63. The van der Waals surface area contributed by atoms with Gasteiger partial charge in [-0.25, -0.2) is 4.98 Å². The predicted octanol–water partition coefficient (Wildman–Crippen LogP) is 9.32. The SMILES string of the molecule is c1ccc(-c2nc3ccccc3c3ccc4c(c23)-c2ccccc2C42c3ccccc3Cc3ccccc32)cc1. The first-order valence-electron chi connectivity index (χ1n) is 14.0. The maximum Gasteiger partial charge on any atom is 0.0794 e. The van der Waals surface area contributed by atoms with E-state index < -0.39 is 0 Å². The lowest BCUT2D eigenvalue weighted by molar-refractivity contribution is 0.722. The Balaban J connectivity index is 1.53. The maximum absolute atomic E-state index is 5.35. The summed E-state index contributed by atoms with van der Waals surface area (Å²) < 4.78 is 0. The normalized spacial score (nSPS) is 14.1. The minimum Gasteiger partial charge on any atom is -0.247 e. The van der Waals surface area contributed by atoms with Crippen molar-refractivity contribution in [3.63, 3.8) is 0 Å². The zero-order chi connectivity index (χ0) is 26.3. The average Bonchev–Trinajstić information content (AvgIpc) is 3.32. The Morgan fingerprint density at radius 1 is 0.475 bits per heavy atom. The van der Waals surface area contributed by atoms with Crippen LogP contribution >= 0.6 is 0 Å². The molecule has 0 aliphatic heterocycles. The number of pyridine rings is 1. The smallest absolute Gasteiger partial charge is 0.0794 e. The molecule has 0 fully saturated rings. The minimum absolute atomic E-state index is 0.370. The summed E-state index contributed by atoms with van der Waals surface area (Å²) in [5, 5.41) is 3.70. The van der Waals surface area contributed by atoms with Crippen molar-refractivity contribution in [2.45, 2.75) is 11.8 Å². The van der Waals surface area contributed by atoms with E-state index in [1.54, 1.807) is 0 Å². The summed E-state index contributed by atoms with van der Waals surface area (Å²) in [5.41, 5.74) is 13.8. The number of para-hydroxylation sites is 1. The molecule has 0 amide bonds. The van der Waals surface area contributed by atoms with Gasteiger partial charge < -0.3 is 0 Å². The Bertz CT molecular complexity index is 2090. The molecular weight excluding hydrogens is 482 g/mol. The first-order valence-corrected chi connectivity index (χ1v) is 14.0. The van der Waals surface area contributed by atoms with Crippen molar-refractivity contribution < 1.29 is 0 Å². The van der Waals surface area contributed by atoms with Crippen molar-refractivity contribution in [1.29, 1.82) is 0 Å². The third-order valence-electron chi connectivity index (χ3n) is 9.14. The fraction of sp³-hybridized carbons (Fsp3) is 0.0513. The Morgan fingerprint density at radius 2 is 1.10 bits per heavy atom. The molecule has 0 radical (unpaired) electrons. The Morgan fingerprint density at radius 3 is 1.88 bits per heavy atom. The van der Waals surface area contributed by atoms with E-state index in [0.717, 1.165) is 23.2 Å². The molecule has 1 nitrogen and oxygen atoms in total. The zero-order valence-corrected chi connectivity index (χ0v) is 21.9. The summed E-state index contributed by atoms with van der Waals surface area (Å²) in [5.74, 6) is 0. The lowest BCUT2D eigenvalue weighted by atomic mass is 9.61. The van der Waals surface area contributed by atoms with Crippen LogP contribution < -0.4 is 0 Å². The zero-order valence-electron chi connectivity index (χ0n) is 21.9. The monoisotopic (exact) mass is 507 g/mol. The molecule has 6 aromatic carbocycles. The van der Waals surface area contributed by atoms with Gasteiger partial charge in [0.15, 0.2) is 0 Å². The van der Waals surface area contributed by atoms with Crippen LogP contribution in [0, 0.1) is 0 Å². The first-order chi connectivity index (χ1) is 19.9. The summed E-state index contributed by atoms with van der Waals surface area (Å²) in [6, 6.07) is 51.3. The summed E-state index contributed by atoms with van der Waals surface area (Å²) in [4.78, 5) is 5.35. The van der Waals surface area contributed by atoms with Gasteiger partial charge in [-0.05, 0) is 62.4 Å². The van der Waals surface area contributed by atoms with E-state index in [1.807, 2.05) is 0 Å². The van der Waals surface area contributed by atoms with E-state index in [-0.39, 0.29) is 5.41 Å². The molecule has 0 saturated heterocycles. The van der Waals surface area contributed by atoms with Crippen LogP contribution in [0.1, 0.15) is 33.4 Å². The Labute approximate surface area is 233 Å². The Hall–Kier alpha value is -5.01. The van der Waals surface area contributed by atoms with Gasteiger partial charge in [0.25, 0.3) is 0 Å². The van der Waals surface area contributed by atoms with Gasteiger partial charge in [0.05, 0.1) is 16.6 Å². The summed E-state index contributed by atoms with van der Waals surface area (Å²) >= 11 is 0. The third kappa shape index (κ3) is 2.69. The van der Waals surface area contributed by atoms with Crippen LogP contribution in [-0.2, 0) is 11.8 Å². The van der Waals surface area contributed by atoms with Gasteiger partial charge in [-0.3, -0.25) is 0 Å². The number of hydrogen-bond acceptors (Lipinski definition) is 1. The third-order valence-corrected chi connectivity index (χ3v) is 9.14. The van der Waals surface area contributed by atoms with Gasteiger partial charge in [0, 0.05) is 16.3 Å². The second-order valence-corrected chi connectivity index (χ2v) is 11.0. The topological polar surface area (TPSA) is 12.9 Å². The molecular formula is C39H25N. The van der Waals surface area contributed by atoms with E-state index in [2.05, 4.69) is 140 Å². The van der Waals surface area contributed by atoms with Crippen LogP contribution in [-0.4, -0.2) is 4.98 Å². The molecule has 0 saturated carbocycles. The van der Waals surface area contributed by atoms with Crippen molar-refractivity contribution in [3.8, 4) is 22.4 Å². The molecule has 0 unspecified atom stereocenters. The highest BCUT2D eigenvalue weighted by molar-refractivity contribution is 6.18. The molecule has 2 aliphatic carbocycles. The van der Waals surface area contributed by atoms with Crippen LogP contribution in [0.25, 0.3) is 44.1 Å². The predicted molar refractivity (Wildman–Crippen MR) is 165 cm³/mol. The van der Waals surface area contributed by atoms with Gasteiger partial charge in [0.1, 0.15) is 0 Å². The highest BCUT2D eigenvalue weighted by Gasteiger charge is 2.50. The van der Waals surface area contributed by atoms with Gasteiger partial charge in [-0.2, -0.15) is 0 Å². The number of benzene rings is 6. The number of hydrogen-bond donors (Lipinski definition) is 0. The van der Waals surface area contributed by atoms with Crippen LogP contribution in [0.2, 0.25) is 0 Å². The van der Waals surface area contributed by atoms with Crippen molar-refractivity contribution in [2.24, 2.45) is 0 Å². The van der Waals surface area contributed by atoms with Crippen LogP contribution in [0.15, 0.2) is 140 Å². The van der Waals surface area contributed by atoms with Crippen LogP contribution in [0.4, 0.5) is 0 Å². The highest BCUT2D eigenvalue weighted by atomic mass is 14.7. The number of nitrogens with zero attached hydrogens (tertiary/aromatic N) is 1. The molecule has 40 heavy (non-hydrogen) atoms. The van der Waals surface area contributed by atoms with Gasteiger partial charge in [0.2, 0.25) is 0 Å². The lowest BCUT2D eigenvalue weighted by Crippen LogP contribution is -2.34. The molecule has 0 N–H and O–H groups in total. The number of rotatable bonds is 1. The van der Waals surface area contributed by atoms with Crippen LogP contribution in [0.5, 0.6) is 0 Å². The molecule has 0 atom stereocenters. The van der Waals surface area contributed by atoms with Gasteiger partial charge >= 0.3 is 0 Å². The molecule has 2 aliphatic rings. The average molecular weight is 508 g/mol. The molecule has 1 spiro atoms. The summed E-state index contributed by atoms with van der Waals surface area (Å²) in [6.07, 6.45) is 0.959. The van der Waals surface area contributed by atoms with E-state index in [4.69, 9.17) is 4.98 Å². The minimum atomic E-state index is -0.370. The molecule has 7 aromatic rings. The van der Waals surface area contributed by atoms with E-state index in [0.29, 0.717) is 0 Å². The highest BCUT2D eigenvalue weighted by Crippen LogP contribution is 2.61. The Kier molecular flexibility index (Phi) is 4.38. The summed E-state index contributed by atoms with van der Waals surface area (Å²) in [7, 11) is 0. The molecule has 186 valence electrons. The first kappa shape index (κ1) is 21.9. The van der Waals surface area contributed by atoms with Crippen molar-refractivity contribution in [1.82, 2.24) is 4.98 Å². The molecule has 1 heterocycles. The lowest BCUT2D eigenvalue weighted by Gasteiger charge is -2.40. The molecule has 1 heteroatoms. The van der Waals surface area contributed by atoms with E-state index in [1.165, 1.54) is 60.7 Å². The second-order valence-electron chi connectivity index (χ2n) is 11.0. The van der Waals surface area contributed by atoms with Gasteiger partial charge in [-0.15, -0.1) is 0 Å². The second kappa shape index (κ2) is 8.00.